The Morgan fingerprint density at radius 1 is 0.705 bits per heavy atom. The normalized spacial score (nSPS) is 13.9. The molecule has 0 aliphatic carbocycles. The van der Waals surface area contributed by atoms with Gasteiger partial charge in [-0.2, -0.15) is 0 Å². The van der Waals surface area contributed by atoms with Crippen molar-refractivity contribution in [3.05, 3.63) is 139 Å². The lowest BCUT2D eigenvalue weighted by Crippen LogP contribution is -2.24. The fourth-order valence-corrected chi connectivity index (χ4v) is 6.85. The van der Waals surface area contributed by atoms with E-state index in [0.29, 0.717) is 17.8 Å². The Labute approximate surface area is 253 Å². The molecule has 3 aromatic heterocycles. The van der Waals surface area contributed by atoms with Crippen LogP contribution >= 0.6 is 0 Å². The minimum absolute atomic E-state index is 0.599. The van der Waals surface area contributed by atoms with Gasteiger partial charge in [-0.25, -0.2) is 9.37 Å². The summed E-state index contributed by atoms with van der Waals surface area (Å²) >= 11 is 0. The molecule has 1 aliphatic heterocycles. The van der Waals surface area contributed by atoms with Crippen LogP contribution in [0.3, 0.4) is 0 Å². The van der Waals surface area contributed by atoms with Crippen molar-refractivity contribution < 1.29 is 8.81 Å². The first kappa shape index (κ1) is 24.9. The Bertz CT molecular complexity index is 2370. The van der Waals surface area contributed by atoms with E-state index in [0.717, 1.165) is 60.9 Å². The highest BCUT2D eigenvalue weighted by Gasteiger charge is 2.26. The molecule has 0 N–H and O–H groups in total. The van der Waals surface area contributed by atoms with E-state index in [1.54, 1.807) is 6.20 Å². The minimum atomic E-state index is -1.31. The lowest BCUT2D eigenvalue weighted by molar-refractivity contribution is 0.402. The molecule has 5 aromatic carbocycles. The van der Waals surface area contributed by atoms with E-state index in [1.807, 2.05) is 91.0 Å². The summed E-state index contributed by atoms with van der Waals surface area (Å²) in [4.78, 5) is 9.17. The highest BCUT2D eigenvalue weighted by molar-refractivity contribution is 6.24. The summed E-state index contributed by atoms with van der Waals surface area (Å²) in [5.74, 6) is 0.775. The van der Waals surface area contributed by atoms with Gasteiger partial charge in [-0.15, -0.1) is 0 Å². The Kier molecular flexibility index (Phi) is 5.35. The number of pyridine rings is 1. The van der Waals surface area contributed by atoms with Crippen molar-refractivity contribution in [3.8, 4) is 5.82 Å². The number of hydrogen-bond acceptors (Lipinski definition) is 4. The van der Waals surface area contributed by atoms with Crippen molar-refractivity contribution >= 4 is 60.8 Å². The van der Waals surface area contributed by atoms with Crippen LogP contribution in [0.15, 0.2) is 132 Å². The number of furan rings is 1. The van der Waals surface area contributed by atoms with Crippen LogP contribution in [0.1, 0.15) is 17.3 Å². The van der Waals surface area contributed by atoms with E-state index in [4.69, 9.17) is 9.40 Å². The summed E-state index contributed by atoms with van der Waals surface area (Å²) in [5.41, 5.74) is 8.05. The topological polar surface area (TPSA) is 37.4 Å². The van der Waals surface area contributed by atoms with Crippen LogP contribution in [-0.4, -0.2) is 23.3 Å². The van der Waals surface area contributed by atoms with E-state index in [9.17, 15) is 0 Å². The molecular formula is C38H27FN4O. The van der Waals surface area contributed by atoms with Crippen LogP contribution in [0, 0.1) is 0 Å². The molecule has 1 atom stereocenters. The average molecular weight is 575 g/mol. The molecule has 9 rings (SSSR count). The molecule has 0 saturated carbocycles. The molecule has 0 bridgehead atoms. The van der Waals surface area contributed by atoms with Crippen LogP contribution < -0.4 is 9.80 Å². The van der Waals surface area contributed by atoms with E-state index in [-0.39, 0.29) is 0 Å². The fraction of sp³-hybridized carbons (Fsp3) is 0.0789. The fourth-order valence-electron chi connectivity index (χ4n) is 6.85. The van der Waals surface area contributed by atoms with Gasteiger partial charge in [-0.1, -0.05) is 60.7 Å². The highest BCUT2D eigenvalue weighted by atomic mass is 19.1. The van der Waals surface area contributed by atoms with Gasteiger partial charge >= 0.3 is 0 Å². The predicted molar refractivity (Wildman–Crippen MR) is 177 cm³/mol. The number of para-hydroxylation sites is 3. The van der Waals surface area contributed by atoms with Crippen LogP contribution in [0.2, 0.25) is 0 Å². The predicted octanol–water partition coefficient (Wildman–Crippen LogP) is 9.68. The maximum Gasteiger partial charge on any atom is 0.150 e. The number of alkyl halides is 1. The first-order chi connectivity index (χ1) is 21.7. The Morgan fingerprint density at radius 3 is 2.39 bits per heavy atom. The van der Waals surface area contributed by atoms with Crippen molar-refractivity contribution in [3.63, 3.8) is 0 Å². The number of anilines is 3. The van der Waals surface area contributed by atoms with Crippen molar-refractivity contribution in [2.75, 3.05) is 23.5 Å². The second-order valence-corrected chi connectivity index (χ2v) is 11.4. The highest BCUT2D eigenvalue weighted by Crippen LogP contribution is 2.43. The molecule has 5 nitrogen and oxygen atoms in total. The maximum absolute atomic E-state index is 16.6. The molecule has 6 heteroatoms. The minimum Gasteiger partial charge on any atom is -0.456 e. The van der Waals surface area contributed by atoms with E-state index >= 15 is 4.39 Å². The third kappa shape index (κ3) is 3.61. The largest absolute Gasteiger partial charge is 0.456 e. The maximum atomic E-state index is 16.6. The van der Waals surface area contributed by atoms with Gasteiger partial charge in [-0.05, 0) is 71.8 Å². The van der Waals surface area contributed by atoms with Gasteiger partial charge in [0.05, 0.1) is 34.5 Å². The van der Waals surface area contributed by atoms with Crippen LogP contribution in [0.4, 0.5) is 21.5 Å². The number of nitrogens with zero attached hydrogens (tertiary/aromatic N) is 4. The molecule has 0 spiro atoms. The quantitative estimate of drug-likeness (QED) is 0.210. The Morgan fingerprint density at radius 2 is 1.50 bits per heavy atom. The molecule has 0 saturated heterocycles. The van der Waals surface area contributed by atoms with E-state index in [2.05, 4.69) is 51.7 Å². The molecule has 44 heavy (non-hydrogen) atoms. The summed E-state index contributed by atoms with van der Waals surface area (Å²) in [5, 5.41) is 4.19. The van der Waals surface area contributed by atoms with Crippen molar-refractivity contribution in [2.45, 2.75) is 6.17 Å². The zero-order valence-electron chi connectivity index (χ0n) is 24.0. The van der Waals surface area contributed by atoms with Crippen molar-refractivity contribution in [2.24, 2.45) is 0 Å². The number of aromatic nitrogens is 2. The number of fused-ring (bicyclic) bond motifs is 8. The lowest BCUT2D eigenvalue weighted by atomic mass is 10.00. The molecule has 0 amide bonds. The number of halogens is 1. The van der Waals surface area contributed by atoms with Gasteiger partial charge in [0.2, 0.25) is 0 Å². The summed E-state index contributed by atoms with van der Waals surface area (Å²) in [6.45, 7) is 0.715. The number of benzene rings is 5. The SMILES string of the molecule is CN1CN(c2cccc(C(F)c3ccc4c5ccc6oc7ccccc7c6c5n(-c5ccccn5)c4c3)c2)c2ccccc21. The smallest absolute Gasteiger partial charge is 0.150 e. The van der Waals surface area contributed by atoms with Crippen LogP contribution in [-0.2, 0) is 0 Å². The van der Waals surface area contributed by atoms with E-state index in [1.165, 1.54) is 5.69 Å². The van der Waals surface area contributed by atoms with Gasteiger partial charge in [-0.3, -0.25) is 4.57 Å². The van der Waals surface area contributed by atoms with Gasteiger partial charge < -0.3 is 14.2 Å². The molecule has 1 unspecified atom stereocenters. The lowest BCUT2D eigenvalue weighted by Gasteiger charge is -2.21. The second-order valence-electron chi connectivity index (χ2n) is 11.4. The third-order valence-corrected chi connectivity index (χ3v) is 8.88. The molecule has 1 aliphatic rings. The Balaban J connectivity index is 1.22. The van der Waals surface area contributed by atoms with Crippen LogP contribution in [0.5, 0.6) is 0 Å². The van der Waals surface area contributed by atoms with Crippen molar-refractivity contribution in [1.29, 1.82) is 0 Å². The molecule has 4 heterocycles. The van der Waals surface area contributed by atoms with E-state index < -0.39 is 6.17 Å². The number of rotatable bonds is 4. The number of hydrogen-bond donors (Lipinski definition) is 0. The van der Waals surface area contributed by atoms with Crippen LogP contribution in [0.25, 0.3) is 49.6 Å². The first-order valence-corrected chi connectivity index (χ1v) is 14.8. The third-order valence-electron chi connectivity index (χ3n) is 8.88. The summed E-state index contributed by atoms with van der Waals surface area (Å²) in [7, 11) is 2.08. The van der Waals surface area contributed by atoms with Gasteiger partial charge in [0, 0.05) is 35.1 Å². The zero-order valence-corrected chi connectivity index (χ0v) is 24.0. The second kappa shape index (κ2) is 9.44. The molecule has 0 fully saturated rings. The van der Waals surface area contributed by atoms with Gasteiger partial charge in [0.15, 0.2) is 6.17 Å². The molecule has 212 valence electrons. The standard InChI is InChI=1S/C38H27FN4O/c1-41-23-42(31-13-4-3-12-30(31)41)26-10-8-9-24(21-26)37(39)25-16-17-27-28-18-19-34-36(29-11-2-5-14-33(29)44-34)38(28)43(32(27)22-25)35-15-6-7-20-40-35/h2-22,37H,23H2,1H3. The molecule has 0 radical (unpaired) electrons. The first-order valence-electron chi connectivity index (χ1n) is 14.8. The summed E-state index contributed by atoms with van der Waals surface area (Å²) in [6, 6.07) is 40.2. The van der Waals surface area contributed by atoms with Crippen molar-refractivity contribution in [1.82, 2.24) is 9.55 Å². The average Bonchev–Trinajstić information content (AvgIpc) is 3.73. The summed E-state index contributed by atoms with van der Waals surface area (Å²) in [6.07, 6.45) is 0.488. The monoisotopic (exact) mass is 574 g/mol. The molecule has 8 aromatic rings. The summed E-state index contributed by atoms with van der Waals surface area (Å²) < 4.78 is 25.0. The molecular weight excluding hydrogens is 547 g/mol. The van der Waals surface area contributed by atoms with Gasteiger partial charge in [0.25, 0.3) is 0 Å². The Hall–Kier alpha value is -5.62. The van der Waals surface area contributed by atoms with Gasteiger partial charge in [0.1, 0.15) is 17.0 Å². The zero-order chi connectivity index (χ0) is 29.4.